The summed E-state index contributed by atoms with van der Waals surface area (Å²) in [7, 11) is 0. The monoisotopic (exact) mass is 297 g/mol. The van der Waals surface area contributed by atoms with Crippen LogP contribution in [-0.4, -0.2) is 35.6 Å². The van der Waals surface area contributed by atoms with E-state index in [0.717, 1.165) is 30.8 Å². The van der Waals surface area contributed by atoms with Gasteiger partial charge in [-0.15, -0.1) is 0 Å². The molecule has 0 bridgehead atoms. The fraction of sp³-hybridized carbons (Fsp3) is 0.526. The van der Waals surface area contributed by atoms with Gasteiger partial charge in [0.05, 0.1) is 5.52 Å². The van der Waals surface area contributed by atoms with Gasteiger partial charge >= 0.3 is 0 Å². The molecule has 1 saturated heterocycles. The van der Waals surface area contributed by atoms with Crippen molar-refractivity contribution in [2.75, 3.05) is 19.6 Å². The Morgan fingerprint density at radius 3 is 2.95 bits per heavy atom. The highest BCUT2D eigenvalue weighted by molar-refractivity contribution is 5.79. The minimum atomic E-state index is 0.715. The molecule has 1 aliphatic heterocycles. The second-order valence-corrected chi connectivity index (χ2v) is 6.38. The molecule has 0 saturated carbocycles. The van der Waals surface area contributed by atoms with Crippen molar-refractivity contribution >= 4 is 10.9 Å². The Labute approximate surface area is 133 Å². The maximum absolute atomic E-state index is 4.60. The third-order valence-corrected chi connectivity index (χ3v) is 4.75. The third kappa shape index (κ3) is 3.65. The highest BCUT2D eigenvalue weighted by Gasteiger charge is 2.18. The van der Waals surface area contributed by atoms with Crippen molar-refractivity contribution in [2.45, 2.75) is 45.7 Å². The molecule has 1 aromatic heterocycles. The summed E-state index contributed by atoms with van der Waals surface area (Å²) in [4.78, 5) is 7.23. The van der Waals surface area contributed by atoms with Crippen LogP contribution in [0.25, 0.3) is 10.9 Å². The maximum atomic E-state index is 4.60. The van der Waals surface area contributed by atoms with E-state index in [-0.39, 0.29) is 0 Å². The number of rotatable bonds is 4. The number of aromatic nitrogens is 1. The van der Waals surface area contributed by atoms with Crippen LogP contribution in [0.2, 0.25) is 0 Å². The molecule has 1 fully saturated rings. The van der Waals surface area contributed by atoms with Gasteiger partial charge in [0, 0.05) is 23.7 Å². The molecule has 1 aromatic carbocycles. The third-order valence-electron chi connectivity index (χ3n) is 4.75. The predicted molar refractivity (Wildman–Crippen MR) is 93.1 cm³/mol. The molecule has 1 unspecified atom stereocenters. The minimum Gasteiger partial charge on any atom is -0.317 e. The van der Waals surface area contributed by atoms with E-state index in [4.69, 9.17) is 0 Å². The zero-order chi connectivity index (χ0) is 15.4. The first-order valence-electron chi connectivity index (χ1n) is 8.57. The fourth-order valence-corrected chi connectivity index (χ4v) is 3.47. The van der Waals surface area contributed by atoms with E-state index < -0.39 is 0 Å². The van der Waals surface area contributed by atoms with Crippen LogP contribution in [0.3, 0.4) is 0 Å². The van der Waals surface area contributed by atoms with Crippen molar-refractivity contribution in [1.82, 2.24) is 15.2 Å². The van der Waals surface area contributed by atoms with Gasteiger partial charge in [-0.3, -0.25) is 9.88 Å². The van der Waals surface area contributed by atoms with Gasteiger partial charge in [0.2, 0.25) is 0 Å². The molecule has 3 heteroatoms. The topological polar surface area (TPSA) is 28.2 Å². The van der Waals surface area contributed by atoms with E-state index in [1.807, 2.05) is 6.92 Å². The summed E-state index contributed by atoms with van der Waals surface area (Å²) in [5.41, 5.74) is 3.59. The number of nitrogens with one attached hydrogen (secondary N) is 1. The molecular formula is C19H27N3. The van der Waals surface area contributed by atoms with Crippen molar-refractivity contribution in [2.24, 2.45) is 0 Å². The van der Waals surface area contributed by atoms with E-state index in [1.165, 1.54) is 36.8 Å². The van der Waals surface area contributed by atoms with Crippen LogP contribution >= 0.6 is 0 Å². The van der Waals surface area contributed by atoms with Gasteiger partial charge in [-0.1, -0.05) is 19.1 Å². The van der Waals surface area contributed by atoms with Crippen molar-refractivity contribution in [3.8, 4) is 0 Å². The van der Waals surface area contributed by atoms with Gasteiger partial charge in [-0.25, -0.2) is 0 Å². The molecule has 0 radical (unpaired) electrons. The number of pyridine rings is 1. The van der Waals surface area contributed by atoms with E-state index in [9.17, 15) is 0 Å². The molecule has 3 rings (SSSR count). The summed E-state index contributed by atoms with van der Waals surface area (Å²) in [6.07, 6.45) is 3.87. The summed E-state index contributed by atoms with van der Waals surface area (Å²) in [5.74, 6) is 0. The van der Waals surface area contributed by atoms with Crippen LogP contribution in [0, 0.1) is 6.92 Å². The first-order chi connectivity index (χ1) is 10.8. The lowest BCUT2D eigenvalue weighted by molar-refractivity contribution is 0.182. The van der Waals surface area contributed by atoms with Crippen LogP contribution in [-0.2, 0) is 6.54 Å². The first-order valence-corrected chi connectivity index (χ1v) is 8.57. The van der Waals surface area contributed by atoms with E-state index >= 15 is 0 Å². The summed E-state index contributed by atoms with van der Waals surface area (Å²) >= 11 is 0. The van der Waals surface area contributed by atoms with Gasteiger partial charge in [0.25, 0.3) is 0 Å². The number of hydrogen-bond acceptors (Lipinski definition) is 3. The zero-order valence-electron chi connectivity index (χ0n) is 13.8. The van der Waals surface area contributed by atoms with Crippen LogP contribution < -0.4 is 5.32 Å². The molecule has 0 spiro atoms. The Morgan fingerprint density at radius 1 is 1.18 bits per heavy atom. The second-order valence-electron chi connectivity index (χ2n) is 6.38. The quantitative estimate of drug-likeness (QED) is 0.936. The Hall–Kier alpha value is -1.45. The van der Waals surface area contributed by atoms with Gasteiger partial charge in [-0.05, 0) is 69.6 Å². The van der Waals surface area contributed by atoms with Gasteiger partial charge in [0.1, 0.15) is 0 Å². The molecular weight excluding hydrogens is 270 g/mol. The Kier molecular flexibility index (Phi) is 5.06. The van der Waals surface area contributed by atoms with E-state index in [2.05, 4.69) is 52.5 Å². The molecule has 118 valence electrons. The zero-order valence-corrected chi connectivity index (χ0v) is 13.8. The second kappa shape index (κ2) is 7.21. The largest absolute Gasteiger partial charge is 0.317 e. The molecule has 0 amide bonds. The number of fused-ring (bicyclic) bond motifs is 1. The molecule has 3 nitrogen and oxygen atoms in total. The molecule has 0 aliphatic carbocycles. The van der Waals surface area contributed by atoms with Gasteiger partial charge in [-0.2, -0.15) is 0 Å². The van der Waals surface area contributed by atoms with Gasteiger partial charge in [0.15, 0.2) is 0 Å². The Morgan fingerprint density at radius 2 is 2.09 bits per heavy atom. The number of benzene rings is 1. The number of aryl methyl sites for hydroxylation is 1. The Balaban J connectivity index is 1.76. The molecule has 2 heterocycles. The molecule has 2 aromatic rings. The standard InChI is InChI=1S/C19H27N3/c1-3-22(18-5-4-11-20-12-10-18)14-16-7-9-19-17(13-16)8-6-15(2)21-19/h6-9,13,18,20H,3-5,10-12,14H2,1-2H3. The average Bonchev–Trinajstić information content (AvgIpc) is 2.82. The highest BCUT2D eigenvalue weighted by Crippen LogP contribution is 2.19. The van der Waals surface area contributed by atoms with Gasteiger partial charge < -0.3 is 5.32 Å². The predicted octanol–water partition coefficient (Wildman–Crippen LogP) is 3.51. The van der Waals surface area contributed by atoms with Crippen LogP contribution in [0.15, 0.2) is 30.3 Å². The lowest BCUT2D eigenvalue weighted by Crippen LogP contribution is -2.35. The van der Waals surface area contributed by atoms with Crippen LogP contribution in [0.4, 0.5) is 0 Å². The molecule has 1 N–H and O–H groups in total. The summed E-state index contributed by atoms with van der Waals surface area (Å²) in [6, 6.07) is 11.7. The first kappa shape index (κ1) is 15.4. The molecule has 1 atom stereocenters. The maximum Gasteiger partial charge on any atom is 0.0705 e. The van der Waals surface area contributed by atoms with Crippen molar-refractivity contribution < 1.29 is 0 Å². The SMILES string of the molecule is CCN(Cc1ccc2nc(C)ccc2c1)C1CCCNCC1. The summed E-state index contributed by atoms with van der Waals surface area (Å²) in [6.45, 7) is 8.83. The van der Waals surface area contributed by atoms with E-state index in [0.29, 0.717) is 6.04 Å². The molecule has 22 heavy (non-hydrogen) atoms. The van der Waals surface area contributed by atoms with Crippen molar-refractivity contribution in [3.05, 3.63) is 41.6 Å². The number of hydrogen-bond donors (Lipinski definition) is 1. The highest BCUT2D eigenvalue weighted by atomic mass is 15.2. The lowest BCUT2D eigenvalue weighted by Gasteiger charge is -2.30. The van der Waals surface area contributed by atoms with Crippen molar-refractivity contribution in [1.29, 1.82) is 0 Å². The minimum absolute atomic E-state index is 0.715. The smallest absolute Gasteiger partial charge is 0.0705 e. The summed E-state index contributed by atoms with van der Waals surface area (Å²) in [5, 5.41) is 4.77. The number of nitrogens with zero attached hydrogens (tertiary/aromatic N) is 2. The fourth-order valence-electron chi connectivity index (χ4n) is 3.47. The molecule has 1 aliphatic rings. The lowest BCUT2D eigenvalue weighted by atomic mass is 10.1. The average molecular weight is 297 g/mol. The summed E-state index contributed by atoms with van der Waals surface area (Å²) < 4.78 is 0. The van der Waals surface area contributed by atoms with E-state index in [1.54, 1.807) is 0 Å². The van der Waals surface area contributed by atoms with Crippen LogP contribution in [0.5, 0.6) is 0 Å². The Bertz CT molecular complexity index is 615. The normalized spacial score (nSPS) is 19.5. The van der Waals surface area contributed by atoms with Crippen LogP contribution in [0.1, 0.15) is 37.4 Å². The van der Waals surface area contributed by atoms with Crippen molar-refractivity contribution in [3.63, 3.8) is 0 Å².